The van der Waals surface area contributed by atoms with E-state index in [2.05, 4.69) is 15.3 Å². The van der Waals surface area contributed by atoms with Gasteiger partial charge >= 0.3 is 0 Å². The quantitative estimate of drug-likeness (QED) is 0.257. The number of amides is 1. The van der Waals surface area contributed by atoms with Crippen molar-refractivity contribution < 1.29 is 14.3 Å². The minimum atomic E-state index is -0.460. The van der Waals surface area contributed by atoms with Gasteiger partial charge in [0.1, 0.15) is 40.9 Å². The predicted octanol–water partition coefficient (Wildman–Crippen LogP) is 4.55. The first kappa shape index (κ1) is 25.4. The molecule has 0 aliphatic carbocycles. The summed E-state index contributed by atoms with van der Waals surface area (Å²) in [6.45, 7) is 4.49. The number of nitrogens with two attached hydrogens (primary N) is 1. The molecular formula is C28H28N6O3. The Morgan fingerprint density at radius 2 is 1.84 bits per heavy atom. The van der Waals surface area contributed by atoms with Crippen LogP contribution in [0.4, 0.5) is 5.82 Å². The Morgan fingerprint density at radius 1 is 1.14 bits per heavy atom. The van der Waals surface area contributed by atoms with Crippen LogP contribution in [0.3, 0.4) is 0 Å². The first-order valence-corrected chi connectivity index (χ1v) is 11.8. The van der Waals surface area contributed by atoms with Crippen molar-refractivity contribution in [2.24, 2.45) is 0 Å². The second kappa shape index (κ2) is 11.4. The Labute approximate surface area is 215 Å². The molecule has 2 heterocycles. The summed E-state index contributed by atoms with van der Waals surface area (Å²) in [5.41, 5.74) is 9.00. The maximum Gasteiger partial charge on any atom is 0.262 e. The maximum atomic E-state index is 12.8. The number of aromatic nitrogens is 3. The zero-order valence-electron chi connectivity index (χ0n) is 20.9. The highest BCUT2D eigenvalue weighted by Crippen LogP contribution is 2.38. The van der Waals surface area contributed by atoms with Crippen LogP contribution in [0, 0.1) is 11.3 Å². The van der Waals surface area contributed by atoms with Crippen molar-refractivity contribution in [1.29, 1.82) is 5.26 Å². The molecule has 4 rings (SSSR count). The van der Waals surface area contributed by atoms with Crippen LogP contribution in [0.15, 0.2) is 66.5 Å². The van der Waals surface area contributed by atoms with Gasteiger partial charge < -0.3 is 25.1 Å². The number of hydrogen-bond acceptors (Lipinski definition) is 7. The van der Waals surface area contributed by atoms with Crippen molar-refractivity contribution in [2.75, 3.05) is 19.5 Å². The summed E-state index contributed by atoms with van der Waals surface area (Å²) < 4.78 is 13.2. The second-order valence-corrected chi connectivity index (χ2v) is 8.60. The van der Waals surface area contributed by atoms with E-state index in [9.17, 15) is 10.1 Å². The summed E-state index contributed by atoms with van der Waals surface area (Å²) in [7, 11) is 1.60. The number of carbonyl (C=O) groups is 1. The van der Waals surface area contributed by atoms with E-state index in [4.69, 9.17) is 15.2 Å². The van der Waals surface area contributed by atoms with E-state index in [1.807, 2.05) is 79.1 Å². The van der Waals surface area contributed by atoms with Gasteiger partial charge in [0.2, 0.25) is 0 Å². The van der Waals surface area contributed by atoms with Gasteiger partial charge in [0.05, 0.1) is 17.7 Å². The van der Waals surface area contributed by atoms with Gasteiger partial charge in [-0.15, -0.1) is 0 Å². The summed E-state index contributed by atoms with van der Waals surface area (Å²) in [4.78, 5) is 21.4. The monoisotopic (exact) mass is 496 g/mol. The summed E-state index contributed by atoms with van der Waals surface area (Å²) in [6, 6.07) is 18.9. The average Bonchev–Trinajstić information content (AvgIpc) is 3.20. The highest BCUT2D eigenvalue weighted by molar-refractivity contribution is 6.08. The Morgan fingerprint density at radius 3 is 2.49 bits per heavy atom. The van der Waals surface area contributed by atoms with Gasteiger partial charge in [-0.25, -0.2) is 9.97 Å². The van der Waals surface area contributed by atoms with E-state index >= 15 is 0 Å². The molecule has 0 atom stereocenters. The fourth-order valence-corrected chi connectivity index (χ4v) is 4.00. The van der Waals surface area contributed by atoms with Crippen LogP contribution in [-0.2, 0) is 16.1 Å². The Hall–Kier alpha value is -4.68. The molecule has 2 aromatic carbocycles. The Kier molecular flexibility index (Phi) is 7.81. The topological polar surface area (TPSA) is 128 Å². The molecule has 0 fully saturated rings. The SMILES string of the molecule is COCCn1c(C=C(C#N)C(=O)NC(C)C)c(-c2ccc(Oc3ccccc3)cc2)c2c(N)ncnc21. The zero-order valence-corrected chi connectivity index (χ0v) is 20.9. The molecule has 0 saturated heterocycles. The molecule has 0 radical (unpaired) electrons. The highest BCUT2D eigenvalue weighted by Gasteiger charge is 2.23. The number of benzene rings is 2. The number of nitrogen functional groups attached to an aromatic ring is 1. The predicted molar refractivity (Wildman–Crippen MR) is 143 cm³/mol. The lowest BCUT2D eigenvalue weighted by atomic mass is 10.0. The average molecular weight is 497 g/mol. The molecule has 9 nitrogen and oxygen atoms in total. The molecule has 0 aliphatic rings. The molecule has 37 heavy (non-hydrogen) atoms. The number of anilines is 1. The molecule has 0 spiro atoms. The molecule has 0 unspecified atom stereocenters. The fourth-order valence-electron chi connectivity index (χ4n) is 4.00. The van der Waals surface area contributed by atoms with Crippen LogP contribution < -0.4 is 15.8 Å². The number of nitriles is 1. The van der Waals surface area contributed by atoms with Crippen LogP contribution in [0.5, 0.6) is 11.5 Å². The lowest BCUT2D eigenvalue weighted by Gasteiger charge is -2.11. The molecule has 0 aliphatic heterocycles. The number of hydrogen-bond donors (Lipinski definition) is 2. The number of rotatable bonds is 9. The number of para-hydroxylation sites is 1. The summed E-state index contributed by atoms with van der Waals surface area (Å²) in [6.07, 6.45) is 2.96. The highest BCUT2D eigenvalue weighted by atomic mass is 16.5. The van der Waals surface area contributed by atoms with E-state index in [1.54, 1.807) is 13.2 Å². The third kappa shape index (κ3) is 5.60. The first-order valence-electron chi connectivity index (χ1n) is 11.8. The zero-order chi connectivity index (χ0) is 26.4. The lowest BCUT2D eigenvalue weighted by molar-refractivity contribution is -0.117. The Bertz CT molecular complexity index is 1470. The number of ether oxygens (including phenoxy) is 2. The van der Waals surface area contributed by atoms with Gasteiger partial charge in [0, 0.05) is 25.3 Å². The molecule has 3 N–H and O–H groups in total. The fraction of sp³-hybridized carbons (Fsp3) is 0.214. The number of methoxy groups -OCH3 is 1. The van der Waals surface area contributed by atoms with Crippen molar-refractivity contribution >= 4 is 28.8 Å². The summed E-state index contributed by atoms with van der Waals surface area (Å²) in [5, 5.41) is 13.2. The summed E-state index contributed by atoms with van der Waals surface area (Å²) in [5.74, 6) is 1.22. The molecular weight excluding hydrogens is 468 g/mol. The minimum Gasteiger partial charge on any atom is -0.457 e. The number of nitrogens with zero attached hydrogens (tertiary/aromatic N) is 4. The van der Waals surface area contributed by atoms with Gasteiger partial charge in [-0.1, -0.05) is 30.3 Å². The Balaban J connectivity index is 1.90. The minimum absolute atomic E-state index is 0.0352. The van der Waals surface area contributed by atoms with Crippen molar-refractivity contribution in [3.05, 3.63) is 72.2 Å². The van der Waals surface area contributed by atoms with Gasteiger partial charge in [0.25, 0.3) is 5.91 Å². The molecule has 4 aromatic rings. The summed E-state index contributed by atoms with van der Waals surface area (Å²) >= 11 is 0. The first-order chi connectivity index (χ1) is 17.9. The third-order valence-electron chi connectivity index (χ3n) is 5.62. The lowest BCUT2D eigenvalue weighted by Crippen LogP contribution is -2.31. The number of nitrogens with one attached hydrogen (secondary N) is 1. The number of carbonyl (C=O) groups excluding carboxylic acids is 1. The standard InChI is InChI=1S/C28H28N6O3/c1-18(2)33-28(35)20(16-29)15-23-24(25-26(30)31-17-32-27(25)34(23)13-14-36-3)19-9-11-22(12-10-19)37-21-7-5-4-6-8-21/h4-12,15,17-18H,13-14H2,1-3H3,(H,33,35)(H2,30,31,32). The smallest absolute Gasteiger partial charge is 0.262 e. The van der Waals surface area contributed by atoms with Crippen molar-refractivity contribution in [3.63, 3.8) is 0 Å². The van der Waals surface area contributed by atoms with Crippen LogP contribution in [-0.4, -0.2) is 40.2 Å². The number of fused-ring (bicyclic) bond motifs is 1. The van der Waals surface area contributed by atoms with E-state index in [0.29, 0.717) is 47.0 Å². The normalized spacial score (nSPS) is 11.5. The van der Waals surface area contributed by atoms with Crippen LogP contribution in [0.2, 0.25) is 0 Å². The van der Waals surface area contributed by atoms with Crippen LogP contribution in [0.1, 0.15) is 19.5 Å². The molecule has 9 heteroatoms. The van der Waals surface area contributed by atoms with E-state index in [1.165, 1.54) is 6.33 Å². The van der Waals surface area contributed by atoms with Crippen LogP contribution >= 0.6 is 0 Å². The largest absolute Gasteiger partial charge is 0.457 e. The molecule has 0 bridgehead atoms. The van der Waals surface area contributed by atoms with Crippen molar-refractivity contribution in [1.82, 2.24) is 19.9 Å². The second-order valence-electron chi connectivity index (χ2n) is 8.60. The van der Waals surface area contributed by atoms with Crippen LogP contribution in [0.25, 0.3) is 28.2 Å². The van der Waals surface area contributed by atoms with E-state index in [0.717, 1.165) is 11.3 Å². The maximum absolute atomic E-state index is 12.8. The van der Waals surface area contributed by atoms with Gasteiger partial charge in [-0.05, 0) is 49.8 Å². The van der Waals surface area contributed by atoms with E-state index < -0.39 is 5.91 Å². The van der Waals surface area contributed by atoms with Gasteiger partial charge in [-0.3, -0.25) is 4.79 Å². The molecule has 2 aromatic heterocycles. The van der Waals surface area contributed by atoms with Crippen molar-refractivity contribution in [2.45, 2.75) is 26.4 Å². The van der Waals surface area contributed by atoms with Gasteiger partial charge in [0.15, 0.2) is 0 Å². The molecule has 188 valence electrons. The van der Waals surface area contributed by atoms with E-state index in [-0.39, 0.29) is 11.6 Å². The molecule has 1 amide bonds. The molecule has 0 saturated carbocycles. The van der Waals surface area contributed by atoms with Gasteiger partial charge in [-0.2, -0.15) is 5.26 Å². The van der Waals surface area contributed by atoms with Crippen molar-refractivity contribution in [3.8, 4) is 28.7 Å². The third-order valence-corrected chi connectivity index (χ3v) is 5.62.